The molecule has 0 radical (unpaired) electrons. The van der Waals surface area contributed by atoms with Crippen LogP contribution >= 0.6 is 45.9 Å². The van der Waals surface area contributed by atoms with E-state index >= 15 is 0 Å². The number of rotatable bonds is 7. The average Bonchev–Trinajstić information content (AvgIpc) is 3.53. The SMILES string of the molecule is CNc1nc(-c2nc(N3CC[C@@H](NC(=O)c4[nH]c(C)c(Cl)c4Cl)[C@@H](OC)C3)sc2C(=O)O)cs1. The summed E-state index contributed by atoms with van der Waals surface area (Å²) in [7, 11) is 3.32. The molecule has 0 unspecified atom stereocenters. The summed E-state index contributed by atoms with van der Waals surface area (Å²) < 4.78 is 5.65. The molecule has 10 nitrogen and oxygen atoms in total. The lowest BCUT2D eigenvalue weighted by Crippen LogP contribution is -2.55. The third kappa shape index (κ3) is 4.73. The Morgan fingerprint density at radius 2 is 2.09 bits per heavy atom. The van der Waals surface area contributed by atoms with Crippen LogP contribution in [0.15, 0.2) is 5.38 Å². The van der Waals surface area contributed by atoms with E-state index in [1.165, 1.54) is 11.3 Å². The monoisotopic (exact) mass is 544 g/mol. The van der Waals surface area contributed by atoms with Gasteiger partial charge < -0.3 is 30.4 Å². The highest BCUT2D eigenvalue weighted by molar-refractivity contribution is 7.18. The van der Waals surface area contributed by atoms with Crippen LogP contribution in [0, 0.1) is 6.92 Å². The Balaban J connectivity index is 1.51. The van der Waals surface area contributed by atoms with E-state index in [1.54, 1.807) is 26.5 Å². The van der Waals surface area contributed by atoms with Gasteiger partial charge in [-0.15, -0.1) is 11.3 Å². The third-order valence-corrected chi connectivity index (χ3v) is 8.41. The minimum absolute atomic E-state index is 0.126. The molecule has 1 aliphatic rings. The molecule has 1 aliphatic heterocycles. The first-order valence-electron chi connectivity index (χ1n) is 10.2. The largest absolute Gasteiger partial charge is 0.477 e. The summed E-state index contributed by atoms with van der Waals surface area (Å²) in [5, 5.41) is 19.1. The molecule has 14 heteroatoms. The predicted molar refractivity (Wildman–Crippen MR) is 134 cm³/mol. The van der Waals surface area contributed by atoms with E-state index in [1.807, 2.05) is 4.90 Å². The molecule has 34 heavy (non-hydrogen) atoms. The fraction of sp³-hybridized carbons (Fsp3) is 0.400. The fourth-order valence-corrected chi connectivity index (χ4v) is 5.74. The van der Waals surface area contributed by atoms with Gasteiger partial charge in [0, 0.05) is 38.3 Å². The number of carboxylic acids is 1. The van der Waals surface area contributed by atoms with Crippen molar-refractivity contribution in [2.75, 3.05) is 37.5 Å². The number of halogens is 2. The summed E-state index contributed by atoms with van der Waals surface area (Å²) in [6.07, 6.45) is 0.214. The van der Waals surface area contributed by atoms with Gasteiger partial charge in [-0.05, 0) is 13.3 Å². The number of carboxylic acid groups (broad SMARTS) is 1. The number of anilines is 2. The van der Waals surface area contributed by atoms with E-state index in [0.717, 1.165) is 11.3 Å². The average molecular weight is 545 g/mol. The van der Waals surface area contributed by atoms with Crippen LogP contribution in [0.5, 0.6) is 0 Å². The van der Waals surface area contributed by atoms with Crippen molar-refractivity contribution in [3.63, 3.8) is 0 Å². The molecule has 182 valence electrons. The molecule has 1 saturated heterocycles. The van der Waals surface area contributed by atoms with E-state index in [-0.39, 0.29) is 33.6 Å². The summed E-state index contributed by atoms with van der Waals surface area (Å²) in [6, 6.07) is -0.276. The van der Waals surface area contributed by atoms with Gasteiger partial charge in [-0.1, -0.05) is 34.5 Å². The molecular formula is C20H22Cl2N6O4S2. The number of carbonyl (C=O) groups excluding carboxylic acids is 1. The van der Waals surface area contributed by atoms with Crippen molar-refractivity contribution in [1.29, 1.82) is 0 Å². The zero-order valence-electron chi connectivity index (χ0n) is 18.4. The van der Waals surface area contributed by atoms with Crippen molar-refractivity contribution in [1.82, 2.24) is 20.3 Å². The first-order chi connectivity index (χ1) is 16.2. The molecule has 2 atom stereocenters. The lowest BCUT2D eigenvalue weighted by Gasteiger charge is -2.37. The van der Waals surface area contributed by atoms with Crippen LogP contribution in [-0.4, -0.2) is 71.3 Å². The summed E-state index contributed by atoms with van der Waals surface area (Å²) in [5.41, 5.74) is 1.67. The highest BCUT2D eigenvalue weighted by Crippen LogP contribution is 2.36. The Kier molecular flexibility index (Phi) is 7.33. The van der Waals surface area contributed by atoms with Gasteiger partial charge in [0.25, 0.3) is 5.91 Å². The van der Waals surface area contributed by atoms with Crippen LogP contribution in [0.2, 0.25) is 10.0 Å². The number of ether oxygens (including phenoxy) is 1. The van der Waals surface area contributed by atoms with Gasteiger partial charge in [0.05, 0.1) is 22.2 Å². The summed E-state index contributed by atoms with van der Waals surface area (Å²) in [5.74, 6) is -1.42. The van der Waals surface area contributed by atoms with E-state index < -0.39 is 5.97 Å². The molecule has 1 amide bonds. The number of piperidine rings is 1. The Morgan fingerprint density at radius 3 is 2.68 bits per heavy atom. The molecule has 0 spiro atoms. The molecule has 0 saturated carbocycles. The van der Waals surface area contributed by atoms with Gasteiger partial charge in [-0.3, -0.25) is 4.79 Å². The molecule has 3 aromatic rings. The zero-order chi connectivity index (χ0) is 24.6. The third-order valence-electron chi connectivity index (χ3n) is 5.50. The molecule has 4 rings (SSSR count). The summed E-state index contributed by atoms with van der Waals surface area (Å²) in [4.78, 5) is 38.6. The van der Waals surface area contributed by atoms with Crippen molar-refractivity contribution in [3.8, 4) is 11.4 Å². The zero-order valence-corrected chi connectivity index (χ0v) is 21.6. The Morgan fingerprint density at radius 1 is 1.32 bits per heavy atom. The van der Waals surface area contributed by atoms with Gasteiger partial charge in [-0.25, -0.2) is 14.8 Å². The van der Waals surface area contributed by atoms with Gasteiger partial charge in [0.2, 0.25) is 0 Å². The van der Waals surface area contributed by atoms with Gasteiger partial charge in [0.1, 0.15) is 22.0 Å². The first kappa shape index (κ1) is 24.7. The lowest BCUT2D eigenvalue weighted by atomic mass is 10.0. The summed E-state index contributed by atoms with van der Waals surface area (Å²) in [6.45, 7) is 2.71. The van der Waals surface area contributed by atoms with E-state index in [2.05, 4.69) is 25.6 Å². The standard InChI is InChI=1S/C20H22Cl2N6O4S2/c1-8-12(21)13(22)15(24-8)17(29)25-9-4-5-28(6-11(9)32-3)20-27-14(16(34-20)18(30)31)10-7-33-19(23-2)26-10/h7,9,11,24H,4-6H2,1-3H3,(H,23,26)(H,25,29)(H,30,31)/t9-,11+/m1/s1. The predicted octanol–water partition coefficient (Wildman–Crippen LogP) is 3.97. The van der Waals surface area contributed by atoms with Crippen LogP contribution in [-0.2, 0) is 4.74 Å². The molecule has 4 heterocycles. The second-order valence-electron chi connectivity index (χ2n) is 7.61. The Hall–Kier alpha value is -2.38. The number of aromatic carboxylic acids is 1. The van der Waals surface area contributed by atoms with E-state index in [0.29, 0.717) is 51.9 Å². The number of aromatic amines is 1. The smallest absolute Gasteiger partial charge is 0.348 e. The van der Waals surface area contributed by atoms with E-state index in [9.17, 15) is 14.7 Å². The Labute approximate surface area is 213 Å². The van der Waals surface area contributed by atoms with Crippen molar-refractivity contribution in [2.45, 2.75) is 25.5 Å². The number of carbonyl (C=O) groups is 2. The molecular weight excluding hydrogens is 523 g/mol. The number of hydrogen-bond acceptors (Lipinski definition) is 9. The Bertz CT molecular complexity index is 1230. The summed E-state index contributed by atoms with van der Waals surface area (Å²) >= 11 is 14.7. The van der Waals surface area contributed by atoms with Crippen LogP contribution < -0.4 is 15.5 Å². The lowest BCUT2D eigenvalue weighted by molar-refractivity contribution is 0.0540. The minimum Gasteiger partial charge on any atom is -0.477 e. The number of hydrogen-bond donors (Lipinski definition) is 4. The molecule has 3 aromatic heterocycles. The van der Waals surface area contributed by atoms with Crippen LogP contribution in [0.4, 0.5) is 10.3 Å². The maximum atomic E-state index is 12.8. The second-order valence-corrected chi connectivity index (χ2v) is 10.2. The highest BCUT2D eigenvalue weighted by Gasteiger charge is 2.34. The highest BCUT2D eigenvalue weighted by atomic mass is 35.5. The maximum absolute atomic E-state index is 12.8. The van der Waals surface area contributed by atoms with Crippen LogP contribution in [0.25, 0.3) is 11.4 Å². The number of thiazole rings is 2. The maximum Gasteiger partial charge on any atom is 0.348 e. The molecule has 1 fully saturated rings. The number of H-pyrrole nitrogens is 1. The topological polar surface area (TPSA) is 132 Å². The normalized spacial score (nSPS) is 18.2. The molecule has 0 bridgehead atoms. The van der Waals surface area contributed by atoms with Gasteiger partial charge in [-0.2, -0.15) is 0 Å². The number of aryl methyl sites for hydroxylation is 1. The quantitative estimate of drug-likeness (QED) is 0.351. The molecule has 4 N–H and O–H groups in total. The second kappa shape index (κ2) is 10.1. The fourth-order valence-electron chi connectivity index (χ4n) is 3.72. The number of nitrogens with zero attached hydrogens (tertiary/aromatic N) is 3. The number of nitrogens with one attached hydrogen (secondary N) is 3. The van der Waals surface area contributed by atoms with Crippen molar-refractivity contribution < 1.29 is 19.4 Å². The minimum atomic E-state index is -1.06. The van der Waals surface area contributed by atoms with Crippen molar-refractivity contribution in [2.24, 2.45) is 0 Å². The van der Waals surface area contributed by atoms with Crippen LogP contribution in [0.3, 0.4) is 0 Å². The number of aromatic nitrogens is 3. The first-order valence-corrected chi connectivity index (χ1v) is 12.7. The number of amides is 1. The van der Waals surface area contributed by atoms with Crippen molar-refractivity contribution >= 4 is 68.0 Å². The molecule has 0 aliphatic carbocycles. The van der Waals surface area contributed by atoms with Gasteiger partial charge in [0.15, 0.2) is 10.3 Å². The number of methoxy groups -OCH3 is 1. The molecule has 0 aromatic carbocycles. The van der Waals surface area contributed by atoms with Gasteiger partial charge >= 0.3 is 5.97 Å². The van der Waals surface area contributed by atoms with E-state index in [4.69, 9.17) is 27.9 Å². The van der Waals surface area contributed by atoms with Crippen molar-refractivity contribution in [3.05, 3.63) is 31.7 Å². The van der Waals surface area contributed by atoms with Crippen LogP contribution in [0.1, 0.15) is 32.3 Å².